The van der Waals surface area contributed by atoms with Crippen molar-refractivity contribution in [3.05, 3.63) is 0 Å². The predicted octanol–water partition coefficient (Wildman–Crippen LogP) is 0.494. The second-order valence-corrected chi connectivity index (χ2v) is 4.20. The number of carbonyl (C=O) groups is 2. The third-order valence-electron chi connectivity index (χ3n) is 2.92. The molecule has 1 saturated heterocycles. The number of carbonyl (C=O) groups excluding carboxylic acids is 2. The van der Waals surface area contributed by atoms with Crippen LogP contribution in [0.2, 0.25) is 0 Å². The van der Waals surface area contributed by atoms with Crippen LogP contribution in [-0.2, 0) is 14.3 Å². The topological polar surface area (TPSA) is 49.9 Å². The first-order valence-corrected chi connectivity index (χ1v) is 6.33. The molecule has 0 N–H and O–H groups in total. The maximum Gasteiger partial charge on any atom is 0.320 e. The molecular weight excluding hydrogens is 220 g/mol. The summed E-state index contributed by atoms with van der Waals surface area (Å²) in [6.07, 6.45) is 2.19. The smallest absolute Gasteiger partial charge is 0.320 e. The van der Waals surface area contributed by atoms with Crippen molar-refractivity contribution >= 4 is 11.9 Å². The summed E-state index contributed by atoms with van der Waals surface area (Å²) in [7, 11) is 0. The molecule has 5 heteroatoms. The number of rotatable bonds is 6. The summed E-state index contributed by atoms with van der Waals surface area (Å²) in [5.41, 5.74) is 0. The van der Waals surface area contributed by atoms with E-state index < -0.39 is 0 Å². The minimum Gasteiger partial charge on any atom is -0.465 e. The lowest BCUT2D eigenvalue weighted by Crippen LogP contribution is -2.41. The van der Waals surface area contributed by atoms with E-state index in [0.717, 1.165) is 25.9 Å². The summed E-state index contributed by atoms with van der Waals surface area (Å²) in [5, 5.41) is 0. The predicted molar refractivity (Wildman–Crippen MR) is 64.6 cm³/mol. The van der Waals surface area contributed by atoms with Crippen molar-refractivity contribution in [3.63, 3.8) is 0 Å². The van der Waals surface area contributed by atoms with Crippen LogP contribution in [0.1, 0.15) is 26.7 Å². The number of hydrogen-bond acceptors (Lipinski definition) is 4. The van der Waals surface area contributed by atoms with Gasteiger partial charge in [-0.1, -0.05) is 6.92 Å². The average Bonchev–Trinajstić information content (AvgIpc) is 2.81. The zero-order valence-electron chi connectivity index (χ0n) is 10.8. The molecule has 0 aromatic carbocycles. The summed E-state index contributed by atoms with van der Waals surface area (Å²) < 4.78 is 4.88. The standard InChI is InChI=1S/C12H22N2O3/c1-3-13(10-12(16)17-4-2)9-11(15)14-7-5-6-8-14/h3-10H2,1-2H3. The van der Waals surface area contributed by atoms with E-state index >= 15 is 0 Å². The van der Waals surface area contributed by atoms with Crippen LogP contribution in [0.15, 0.2) is 0 Å². The van der Waals surface area contributed by atoms with Crippen LogP contribution in [0.25, 0.3) is 0 Å². The monoisotopic (exact) mass is 242 g/mol. The third-order valence-corrected chi connectivity index (χ3v) is 2.92. The lowest BCUT2D eigenvalue weighted by Gasteiger charge is -2.22. The van der Waals surface area contributed by atoms with Crippen molar-refractivity contribution < 1.29 is 14.3 Å². The zero-order chi connectivity index (χ0) is 12.7. The lowest BCUT2D eigenvalue weighted by atomic mass is 10.4. The molecule has 1 amide bonds. The summed E-state index contributed by atoms with van der Waals surface area (Å²) in [6, 6.07) is 0. The molecule has 17 heavy (non-hydrogen) atoms. The fourth-order valence-corrected chi connectivity index (χ4v) is 1.93. The SMILES string of the molecule is CCOC(=O)CN(CC)CC(=O)N1CCCC1. The number of nitrogens with zero attached hydrogens (tertiary/aromatic N) is 2. The summed E-state index contributed by atoms with van der Waals surface area (Å²) >= 11 is 0. The van der Waals surface area contributed by atoms with E-state index in [9.17, 15) is 9.59 Å². The highest BCUT2D eigenvalue weighted by atomic mass is 16.5. The highest BCUT2D eigenvalue weighted by molar-refractivity contribution is 5.79. The molecule has 1 aliphatic heterocycles. The van der Waals surface area contributed by atoms with E-state index in [1.807, 2.05) is 16.7 Å². The Hall–Kier alpha value is -1.10. The molecule has 1 heterocycles. The quantitative estimate of drug-likeness (QED) is 0.636. The van der Waals surface area contributed by atoms with Gasteiger partial charge in [0.05, 0.1) is 19.7 Å². The number of likely N-dealkylation sites (N-methyl/N-ethyl adjacent to an activating group) is 1. The van der Waals surface area contributed by atoms with Gasteiger partial charge in [-0.05, 0) is 26.3 Å². The molecule has 1 rings (SSSR count). The Bertz CT molecular complexity index is 262. The number of ether oxygens (including phenoxy) is 1. The first kappa shape index (κ1) is 14.0. The highest BCUT2D eigenvalue weighted by Gasteiger charge is 2.21. The van der Waals surface area contributed by atoms with Gasteiger partial charge in [0.15, 0.2) is 0 Å². The maximum absolute atomic E-state index is 11.9. The molecule has 0 saturated carbocycles. The average molecular weight is 242 g/mol. The minimum atomic E-state index is -0.261. The van der Waals surface area contributed by atoms with Crippen molar-refractivity contribution in [2.45, 2.75) is 26.7 Å². The molecule has 1 fully saturated rings. The number of esters is 1. The van der Waals surface area contributed by atoms with Crippen LogP contribution in [-0.4, -0.2) is 61.0 Å². The fraction of sp³-hybridized carbons (Fsp3) is 0.833. The van der Waals surface area contributed by atoms with Crippen molar-refractivity contribution in [3.8, 4) is 0 Å². The number of likely N-dealkylation sites (tertiary alicyclic amines) is 1. The Morgan fingerprint density at radius 2 is 1.82 bits per heavy atom. The Kier molecular flexibility index (Phi) is 5.97. The van der Waals surface area contributed by atoms with Crippen molar-refractivity contribution in [2.24, 2.45) is 0 Å². The van der Waals surface area contributed by atoms with Crippen molar-refractivity contribution in [2.75, 3.05) is 39.3 Å². The van der Waals surface area contributed by atoms with E-state index in [4.69, 9.17) is 4.74 Å². The van der Waals surface area contributed by atoms with Crippen LogP contribution in [0.3, 0.4) is 0 Å². The van der Waals surface area contributed by atoms with Gasteiger partial charge in [0.1, 0.15) is 0 Å². The lowest BCUT2D eigenvalue weighted by molar-refractivity contribution is -0.145. The minimum absolute atomic E-state index is 0.119. The molecule has 0 aliphatic carbocycles. The molecule has 98 valence electrons. The van der Waals surface area contributed by atoms with E-state index in [-0.39, 0.29) is 18.4 Å². The van der Waals surface area contributed by atoms with E-state index in [2.05, 4.69) is 0 Å². The first-order chi connectivity index (χ1) is 8.17. The molecule has 0 aromatic rings. The van der Waals surface area contributed by atoms with Gasteiger partial charge in [-0.2, -0.15) is 0 Å². The fourth-order valence-electron chi connectivity index (χ4n) is 1.93. The maximum atomic E-state index is 11.9. The Morgan fingerprint density at radius 3 is 2.35 bits per heavy atom. The molecule has 0 aromatic heterocycles. The molecule has 1 aliphatic rings. The molecule has 0 bridgehead atoms. The zero-order valence-corrected chi connectivity index (χ0v) is 10.8. The van der Waals surface area contributed by atoms with Gasteiger partial charge >= 0.3 is 5.97 Å². The van der Waals surface area contributed by atoms with Crippen LogP contribution in [0, 0.1) is 0 Å². The largest absolute Gasteiger partial charge is 0.465 e. The molecule has 0 unspecified atom stereocenters. The highest BCUT2D eigenvalue weighted by Crippen LogP contribution is 2.08. The molecule has 0 atom stereocenters. The van der Waals surface area contributed by atoms with Crippen molar-refractivity contribution in [1.82, 2.24) is 9.80 Å². The third kappa shape index (κ3) is 4.73. The summed E-state index contributed by atoms with van der Waals surface area (Å²) in [4.78, 5) is 26.9. The molecular formula is C12H22N2O3. The van der Waals surface area contributed by atoms with Crippen LogP contribution in [0.5, 0.6) is 0 Å². The van der Waals surface area contributed by atoms with E-state index in [0.29, 0.717) is 19.7 Å². The second-order valence-electron chi connectivity index (χ2n) is 4.20. The molecule has 5 nitrogen and oxygen atoms in total. The van der Waals surface area contributed by atoms with Gasteiger partial charge in [0, 0.05) is 13.1 Å². The van der Waals surface area contributed by atoms with Gasteiger partial charge in [-0.3, -0.25) is 14.5 Å². The van der Waals surface area contributed by atoms with E-state index in [1.54, 1.807) is 6.92 Å². The van der Waals surface area contributed by atoms with E-state index in [1.165, 1.54) is 0 Å². The van der Waals surface area contributed by atoms with Gasteiger partial charge in [-0.15, -0.1) is 0 Å². The van der Waals surface area contributed by atoms with Gasteiger partial charge in [0.2, 0.25) is 5.91 Å². The summed E-state index contributed by atoms with van der Waals surface area (Å²) in [5.74, 6) is -0.141. The Balaban J connectivity index is 2.34. The van der Waals surface area contributed by atoms with Gasteiger partial charge in [-0.25, -0.2) is 0 Å². The Morgan fingerprint density at radius 1 is 1.18 bits per heavy atom. The van der Waals surface area contributed by atoms with Crippen LogP contribution >= 0.6 is 0 Å². The number of hydrogen-bond donors (Lipinski definition) is 0. The molecule has 0 spiro atoms. The normalized spacial score (nSPS) is 15.4. The summed E-state index contributed by atoms with van der Waals surface area (Å²) in [6.45, 7) is 7.01. The van der Waals surface area contributed by atoms with Crippen molar-refractivity contribution in [1.29, 1.82) is 0 Å². The van der Waals surface area contributed by atoms with Crippen LogP contribution < -0.4 is 0 Å². The molecule has 0 radical (unpaired) electrons. The van der Waals surface area contributed by atoms with Crippen LogP contribution in [0.4, 0.5) is 0 Å². The van der Waals surface area contributed by atoms with Gasteiger partial charge in [0.25, 0.3) is 0 Å². The Labute approximate surface area is 103 Å². The second kappa shape index (κ2) is 7.27. The number of amides is 1. The first-order valence-electron chi connectivity index (χ1n) is 6.33. The van der Waals surface area contributed by atoms with Gasteiger partial charge < -0.3 is 9.64 Å².